The third-order valence-electron chi connectivity index (χ3n) is 4.26. The highest BCUT2D eigenvalue weighted by Crippen LogP contribution is 2.19. The Balaban J connectivity index is 1.65. The van der Waals surface area contributed by atoms with Gasteiger partial charge in [-0.2, -0.15) is 0 Å². The molecule has 0 saturated carbocycles. The summed E-state index contributed by atoms with van der Waals surface area (Å²) in [5.41, 5.74) is 2.36. The van der Waals surface area contributed by atoms with Gasteiger partial charge in [-0.15, -0.1) is 0 Å². The minimum absolute atomic E-state index is 0.184. The number of aliphatic hydroxyl groups is 1. The highest BCUT2D eigenvalue weighted by Gasteiger charge is 2.20. The number of piperazine rings is 1. The van der Waals surface area contributed by atoms with Gasteiger partial charge in [-0.25, -0.2) is 0 Å². The van der Waals surface area contributed by atoms with Gasteiger partial charge in [-0.3, -0.25) is 9.69 Å². The van der Waals surface area contributed by atoms with Gasteiger partial charge in [0.25, 0.3) is 0 Å². The van der Waals surface area contributed by atoms with Gasteiger partial charge in [0.05, 0.1) is 13.2 Å². The zero-order valence-electron chi connectivity index (χ0n) is 14.3. The average molecular weight is 320 g/mol. The molecule has 0 unspecified atom stereocenters. The third-order valence-corrected chi connectivity index (χ3v) is 4.26. The minimum atomic E-state index is 0.184. The molecule has 1 aromatic rings. The summed E-state index contributed by atoms with van der Waals surface area (Å²) in [5, 5.41) is 8.93. The number of rotatable bonds is 7. The van der Waals surface area contributed by atoms with Crippen molar-refractivity contribution in [1.82, 2.24) is 9.80 Å². The first-order valence-electron chi connectivity index (χ1n) is 8.41. The maximum absolute atomic E-state index is 12.2. The van der Waals surface area contributed by atoms with Crippen molar-refractivity contribution >= 4 is 5.91 Å². The standard InChI is InChI=1S/C18H28N2O3/c1-15-5-6-17(16(2)14-15)23-13-3-4-18(22)20-9-7-19(8-10-20)11-12-21/h5-6,14,21H,3-4,7-13H2,1-2H3. The fourth-order valence-corrected chi connectivity index (χ4v) is 2.89. The smallest absolute Gasteiger partial charge is 0.222 e. The SMILES string of the molecule is Cc1ccc(OCCCC(=O)N2CCN(CCO)CC2)c(C)c1. The molecule has 1 heterocycles. The Labute approximate surface area is 138 Å². The van der Waals surface area contributed by atoms with Crippen molar-refractivity contribution in [3.8, 4) is 5.75 Å². The van der Waals surface area contributed by atoms with Crippen LogP contribution >= 0.6 is 0 Å². The number of nitrogens with zero attached hydrogens (tertiary/aromatic N) is 2. The highest BCUT2D eigenvalue weighted by molar-refractivity contribution is 5.76. The lowest BCUT2D eigenvalue weighted by molar-refractivity contribution is -0.133. The van der Waals surface area contributed by atoms with Crippen molar-refractivity contribution in [2.75, 3.05) is 45.9 Å². The summed E-state index contributed by atoms with van der Waals surface area (Å²) in [6, 6.07) is 6.14. The van der Waals surface area contributed by atoms with Crippen molar-refractivity contribution in [2.45, 2.75) is 26.7 Å². The van der Waals surface area contributed by atoms with Crippen LogP contribution in [-0.2, 0) is 4.79 Å². The first kappa shape index (κ1) is 17.8. The van der Waals surface area contributed by atoms with Crippen molar-refractivity contribution < 1.29 is 14.6 Å². The quantitative estimate of drug-likeness (QED) is 0.776. The maximum atomic E-state index is 12.2. The zero-order chi connectivity index (χ0) is 16.7. The number of carbonyl (C=O) groups is 1. The lowest BCUT2D eigenvalue weighted by atomic mass is 10.1. The Kier molecular flexibility index (Phi) is 6.86. The molecule has 1 aliphatic heterocycles. The largest absolute Gasteiger partial charge is 0.493 e. The Bertz CT molecular complexity index is 511. The number of benzene rings is 1. The molecule has 1 saturated heterocycles. The van der Waals surface area contributed by atoms with Crippen LogP contribution in [0, 0.1) is 13.8 Å². The van der Waals surface area contributed by atoms with Gasteiger partial charge in [0.2, 0.25) is 5.91 Å². The molecule has 2 rings (SSSR count). The Morgan fingerprint density at radius 3 is 2.61 bits per heavy atom. The van der Waals surface area contributed by atoms with Gasteiger partial charge < -0.3 is 14.7 Å². The second kappa shape index (κ2) is 8.89. The van der Waals surface area contributed by atoms with Gasteiger partial charge in [0.1, 0.15) is 5.75 Å². The molecule has 128 valence electrons. The fourth-order valence-electron chi connectivity index (χ4n) is 2.89. The lowest BCUT2D eigenvalue weighted by Gasteiger charge is -2.34. The van der Waals surface area contributed by atoms with E-state index in [4.69, 9.17) is 9.84 Å². The summed E-state index contributed by atoms with van der Waals surface area (Å²) in [4.78, 5) is 16.3. The van der Waals surface area contributed by atoms with Gasteiger partial charge in [-0.1, -0.05) is 17.7 Å². The minimum Gasteiger partial charge on any atom is -0.493 e. The van der Waals surface area contributed by atoms with Crippen LogP contribution in [0.1, 0.15) is 24.0 Å². The maximum Gasteiger partial charge on any atom is 0.222 e. The molecular weight excluding hydrogens is 292 g/mol. The predicted octanol–water partition coefficient (Wildman–Crippen LogP) is 1.60. The van der Waals surface area contributed by atoms with E-state index in [0.29, 0.717) is 19.6 Å². The van der Waals surface area contributed by atoms with Crippen LogP contribution in [0.3, 0.4) is 0 Å². The van der Waals surface area contributed by atoms with Crippen LogP contribution in [0.2, 0.25) is 0 Å². The van der Waals surface area contributed by atoms with E-state index in [0.717, 1.165) is 43.9 Å². The van der Waals surface area contributed by atoms with Crippen LogP contribution in [-0.4, -0.2) is 66.8 Å². The number of hydrogen-bond donors (Lipinski definition) is 1. The number of aryl methyl sites for hydroxylation is 2. The van der Waals surface area contributed by atoms with Crippen molar-refractivity contribution in [3.05, 3.63) is 29.3 Å². The summed E-state index contributed by atoms with van der Waals surface area (Å²) in [6.45, 7) is 8.79. The number of carbonyl (C=O) groups excluding carboxylic acids is 1. The van der Waals surface area contributed by atoms with E-state index in [2.05, 4.69) is 17.9 Å². The summed E-state index contributed by atoms with van der Waals surface area (Å²) in [7, 11) is 0. The van der Waals surface area contributed by atoms with Crippen LogP contribution in [0.25, 0.3) is 0 Å². The molecule has 1 fully saturated rings. The second-order valence-electron chi connectivity index (χ2n) is 6.17. The summed E-state index contributed by atoms with van der Waals surface area (Å²) in [6.07, 6.45) is 1.27. The van der Waals surface area contributed by atoms with E-state index in [1.54, 1.807) is 0 Å². The second-order valence-corrected chi connectivity index (χ2v) is 6.17. The number of amides is 1. The van der Waals surface area contributed by atoms with Crippen LogP contribution in [0.15, 0.2) is 18.2 Å². The molecule has 0 atom stereocenters. The lowest BCUT2D eigenvalue weighted by Crippen LogP contribution is -2.49. The molecule has 1 aromatic carbocycles. The molecule has 1 amide bonds. The molecule has 23 heavy (non-hydrogen) atoms. The summed E-state index contributed by atoms with van der Waals surface area (Å²) < 4.78 is 5.77. The molecule has 0 bridgehead atoms. The van der Waals surface area contributed by atoms with E-state index >= 15 is 0 Å². The van der Waals surface area contributed by atoms with Crippen molar-refractivity contribution in [1.29, 1.82) is 0 Å². The number of aliphatic hydroxyl groups excluding tert-OH is 1. The van der Waals surface area contributed by atoms with Crippen molar-refractivity contribution in [2.24, 2.45) is 0 Å². The Hall–Kier alpha value is -1.59. The van der Waals surface area contributed by atoms with Gasteiger partial charge in [0.15, 0.2) is 0 Å². The normalized spacial score (nSPS) is 15.7. The van der Waals surface area contributed by atoms with E-state index in [-0.39, 0.29) is 12.5 Å². The summed E-state index contributed by atoms with van der Waals surface area (Å²) >= 11 is 0. The zero-order valence-corrected chi connectivity index (χ0v) is 14.3. The topological polar surface area (TPSA) is 53.0 Å². The molecular formula is C18H28N2O3. The van der Waals surface area contributed by atoms with E-state index in [1.165, 1.54) is 5.56 Å². The van der Waals surface area contributed by atoms with Crippen LogP contribution in [0.4, 0.5) is 0 Å². The molecule has 5 heteroatoms. The molecule has 0 spiro atoms. The van der Waals surface area contributed by atoms with E-state index in [9.17, 15) is 4.79 Å². The average Bonchev–Trinajstić information content (AvgIpc) is 2.54. The molecule has 0 aromatic heterocycles. The number of hydrogen-bond acceptors (Lipinski definition) is 4. The first-order valence-corrected chi connectivity index (χ1v) is 8.41. The van der Waals surface area contributed by atoms with E-state index in [1.807, 2.05) is 24.0 Å². The fraction of sp³-hybridized carbons (Fsp3) is 0.611. The molecule has 5 nitrogen and oxygen atoms in total. The monoisotopic (exact) mass is 320 g/mol. The van der Waals surface area contributed by atoms with Gasteiger partial charge >= 0.3 is 0 Å². The van der Waals surface area contributed by atoms with Gasteiger partial charge in [-0.05, 0) is 31.9 Å². The predicted molar refractivity (Wildman–Crippen MR) is 90.8 cm³/mol. The molecule has 0 aliphatic carbocycles. The number of ether oxygens (including phenoxy) is 1. The Morgan fingerprint density at radius 2 is 1.96 bits per heavy atom. The molecule has 1 N–H and O–H groups in total. The van der Waals surface area contributed by atoms with Gasteiger partial charge in [0, 0.05) is 39.1 Å². The third kappa shape index (κ3) is 5.52. The highest BCUT2D eigenvalue weighted by atomic mass is 16.5. The molecule has 0 radical (unpaired) electrons. The van der Waals surface area contributed by atoms with Crippen molar-refractivity contribution in [3.63, 3.8) is 0 Å². The summed E-state index contributed by atoms with van der Waals surface area (Å²) in [5.74, 6) is 1.11. The Morgan fingerprint density at radius 1 is 1.22 bits per heavy atom. The first-order chi connectivity index (χ1) is 11.1. The van der Waals surface area contributed by atoms with Crippen LogP contribution < -0.4 is 4.74 Å². The number of β-amino-alcohol motifs (C(OH)–C–C–N with tert-alkyl or cyclic N) is 1. The van der Waals surface area contributed by atoms with E-state index < -0.39 is 0 Å². The van der Waals surface area contributed by atoms with Crippen LogP contribution in [0.5, 0.6) is 5.75 Å². The molecule has 1 aliphatic rings.